The van der Waals surface area contributed by atoms with Gasteiger partial charge in [0.2, 0.25) is 12.7 Å². The van der Waals surface area contributed by atoms with Crippen LogP contribution >= 0.6 is 0 Å². The van der Waals surface area contributed by atoms with Gasteiger partial charge in [0.15, 0.2) is 11.5 Å². The number of carbonyl (C=O) groups is 1. The summed E-state index contributed by atoms with van der Waals surface area (Å²) >= 11 is 0. The number of likely N-dealkylation sites (N-methyl/N-ethyl adjacent to an activating group) is 1. The summed E-state index contributed by atoms with van der Waals surface area (Å²) in [6.45, 7) is 3.81. The molecule has 5 nitrogen and oxygen atoms in total. The Bertz CT molecular complexity index is 482. The predicted molar refractivity (Wildman–Crippen MR) is 70.3 cm³/mol. The molecule has 0 radical (unpaired) electrons. The molecule has 102 valence electrons. The minimum atomic E-state index is 0.187. The van der Waals surface area contributed by atoms with E-state index in [1.54, 1.807) is 0 Å². The first-order valence-electron chi connectivity index (χ1n) is 6.57. The van der Waals surface area contributed by atoms with E-state index < -0.39 is 0 Å². The second-order valence-electron chi connectivity index (χ2n) is 5.05. The molecule has 2 aliphatic heterocycles. The molecule has 1 amide bonds. The summed E-state index contributed by atoms with van der Waals surface area (Å²) in [6.07, 6.45) is 0.431. The highest BCUT2D eigenvalue weighted by Crippen LogP contribution is 2.32. The van der Waals surface area contributed by atoms with E-state index in [0.29, 0.717) is 6.42 Å². The minimum absolute atomic E-state index is 0.187. The van der Waals surface area contributed by atoms with Crippen LogP contribution in [0.15, 0.2) is 18.2 Å². The number of amides is 1. The summed E-state index contributed by atoms with van der Waals surface area (Å²) in [5, 5.41) is 0. The van der Waals surface area contributed by atoms with Crippen LogP contribution in [0, 0.1) is 0 Å². The largest absolute Gasteiger partial charge is 0.454 e. The Hall–Kier alpha value is -1.75. The molecule has 1 fully saturated rings. The van der Waals surface area contributed by atoms with Gasteiger partial charge in [0.05, 0.1) is 6.42 Å². The maximum Gasteiger partial charge on any atom is 0.231 e. The average Bonchev–Trinajstić information content (AvgIpc) is 2.87. The maximum atomic E-state index is 12.2. The summed E-state index contributed by atoms with van der Waals surface area (Å²) < 4.78 is 10.6. The normalized spacial score (nSPS) is 18.7. The van der Waals surface area contributed by atoms with Crippen molar-refractivity contribution < 1.29 is 14.3 Å². The predicted octanol–water partition coefficient (Wildman–Crippen LogP) is 0.732. The molecule has 1 saturated heterocycles. The fraction of sp³-hybridized carbons (Fsp3) is 0.500. The van der Waals surface area contributed by atoms with Gasteiger partial charge in [-0.25, -0.2) is 0 Å². The van der Waals surface area contributed by atoms with Crippen LogP contribution in [-0.4, -0.2) is 55.7 Å². The van der Waals surface area contributed by atoms with Gasteiger partial charge in [-0.1, -0.05) is 6.07 Å². The van der Waals surface area contributed by atoms with E-state index in [-0.39, 0.29) is 12.7 Å². The molecule has 0 N–H and O–H groups in total. The summed E-state index contributed by atoms with van der Waals surface area (Å²) in [4.78, 5) is 16.4. The number of benzene rings is 1. The molecule has 5 heteroatoms. The van der Waals surface area contributed by atoms with Crippen LogP contribution in [0.25, 0.3) is 0 Å². The Labute approximate surface area is 112 Å². The van der Waals surface area contributed by atoms with Gasteiger partial charge in [-0.05, 0) is 24.7 Å². The van der Waals surface area contributed by atoms with Gasteiger partial charge in [-0.3, -0.25) is 4.79 Å². The topological polar surface area (TPSA) is 42.0 Å². The molecule has 1 aromatic rings. The molecule has 0 aliphatic carbocycles. The average molecular weight is 262 g/mol. The van der Waals surface area contributed by atoms with Gasteiger partial charge in [0.1, 0.15) is 0 Å². The molecule has 0 unspecified atom stereocenters. The Balaban J connectivity index is 1.63. The van der Waals surface area contributed by atoms with Crippen LogP contribution < -0.4 is 9.47 Å². The van der Waals surface area contributed by atoms with Crippen LogP contribution in [0.3, 0.4) is 0 Å². The van der Waals surface area contributed by atoms with Crippen molar-refractivity contribution in [3.05, 3.63) is 23.8 Å². The quantitative estimate of drug-likeness (QED) is 0.788. The zero-order valence-corrected chi connectivity index (χ0v) is 11.1. The van der Waals surface area contributed by atoms with Crippen molar-refractivity contribution in [3.63, 3.8) is 0 Å². The van der Waals surface area contributed by atoms with E-state index in [4.69, 9.17) is 9.47 Å². The smallest absolute Gasteiger partial charge is 0.231 e. The van der Waals surface area contributed by atoms with E-state index in [9.17, 15) is 4.79 Å². The molecule has 0 saturated carbocycles. The second kappa shape index (κ2) is 5.09. The summed E-state index contributed by atoms with van der Waals surface area (Å²) in [5.41, 5.74) is 0.980. The number of piperazine rings is 1. The monoisotopic (exact) mass is 262 g/mol. The number of hydrogen-bond donors (Lipinski definition) is 0. The molecule has 2 aliphatic rings. The van der Waals surface area contributed by atoms with Gasteiger partial charge < -0.3 is 19.3 Å². The van der Waals surface area contributed by atoms with E-state index in [1.165, 1.54) is 0 Å². The first-order chi connectivity index (χ1) is 9.22. The zero-order valence-electron chi connectivity index (χ0n) is 11.1. The Morgan fingerprint density at radius 2 is 1.89 bits per heavy atom. The molecular formula is C14H18N2O3. The lowest BCUT2D eigenvalue weighted by atomic mass is 10.1. The lowest BCUT2D eigenvalue weighted by Crippen LogP contribution is -2.47. The molecule has 0 aromatic heterocycles. The van der Waals surface area contributed by atoms with Crippen molar-refractivity contribution in [1.82, 2.24) is 9.80 Å². The first kappa shape index (κ1) is 12.3. The van der Waals surface area contributed by atoms with Crippen molar-refractivity contribution in [3.8, 4) is 11.5 Å². The van der Waals surface area contributed by atoms with Gasteiger partial charge in [0, 0.05) is 26.2 Å². The lowest BCUT2D eigenvalue weighted by molar-refractivity contribution is -0.132. The van der Waals surface area contributed by atoms with Crippen LogP contribution in [0.4, 0.5) is 0 Å². The molecule has 0 bridgehead atoms. The third kappa shape index (κ3) is 2.66. The standard InChI is InChI=1S/C14H18N2O3/c1-15-4-6-16(7-5-15)14(17)9-11-2-3-12-13(8-11)19-10-18-12/h2-3,8H,4-7,9-10H2,1H3. The molecule has 0 atom stereocenters. The number of hydrogen-bond acceptors (Lipinski definition) is 4. The highest BCUT2D eigenvalue weighted by Gasteiger charge is 2.20. The van der Waals surface area contributed by atoms with Crippen LogP contribution in [-0.2, 0) is 11.2 Å². The number of fused-ring (bicyclic) bond motifs is 1. The third-order valence-corrected chi connectivity index (χ3v) is 3.65. The van der Waals surface area contributed by atoms with Gasteiger partial charge in [-0.15, -0.1) is 0 Å². The second-order valence-corrected chi connectivity index (χ2v) is 5.05. The number of carbonyl (C=O) groups excluding carboxylic acids is 1. The van der Waals surface area contributed by atoms with E-state index >= 15 is 0 Å². The van der Waals surface area contributed by atoms with Crippen molar-refractivity contribution >= 4 is 5.91 Å². The van der Waals surface area contributed by atoms with Crippen molar-refractivity contribution in [2.24, 2.45) is 0 Å². The minimum Gasteiger partial charge on any atom is -0.454 e. The van der Waals surface area contributed by atoms with Crippen LogP contribution in [0.1, 0.15) is 5.56 Å². The highest BCUT2D eigenvalue weighted by atomic mass is 16.7. The third-order valence-electron chi connectivity index (χ3n) is 3.65. The Morgan fingerprint density at radius 3 is 2.68 bits per heavy atom. The maximum absolute atomic E-state index is 12.2. The SMILES string of the molecule is CN1CCN(C(=O)Cc2ccc3c(c2)OCO3)CC1. The van der Waals surface area contributed by atoms with Gasteiger partial charge in [-0.2, -0.15) is 0 Å². The van der Waals surface area contributed by atoms with Crippen molar-refractivity contribution in [2.45, 2.75) is 6.42 Å². The fourth-order valence-electron chi connectivity index (χ4n) is 2.39. The van der Waals surface area contributed by atoms with Crippen molar-refractivity contribution in [2.75, 3.05) is 40.0 Å². The first-order valence-corrected chi connectivity index (χ1v) is 6.57. The number of rotatable bonds is 2. The van der Waals surface area contributed by atoms with Crippen molar-refractivity contribution in [1.29, 1.82) is 0 Å². The Morgan fingerprint density at radius 1 is 1.16 bits per heavy atom. The molecule has 1 aromatic carbocycles. The highest BCUT2D eigenvalue weighted by molar-refractivity contribution is 5.79. The van der Waals surface area contributed by atoms with E-state index in [2.05, 4.69) is 11.9 Å². The summed E-state index contributed by atoms with van der Waals surface area (Å²) in [5.74, 6) is 1.69. The van der Waals surface area contributed by atoms with Gasteiger partial charge >= 0.3 is 0 Å². The van der Waals surface area contributed by atoms with Gasteiger partial charge in [0.25, 0.3) is 0 Å². The Kier molecular flexibility index (Phi) is 3.29. The molecule has 0 spiro atoms. The summed E-state index contributed by atoms with van der Waals surface area (Å²) in [6, 6.07) is 5.70. The van der Waals surface area contributed by atoms with E-state index in [0.717, 1.165) is 43.2 Å². The molecule has 2 heterocycles. The van der Waals surface area contributed by atoms with E-state index in [1.807, 2.05) is 23.1 Å². The lowest BCUT2D eigenvalue weighted by Gasteiger charge is -2.32. The summed E-state index contributed by atoms with van der Waals surface area (Å²) in [7, 11) is 2.08. The number of nitrogens with zero attached hydrogens (tertiary/aromatic N) is 2. The zero-order chi connectivity index (χ0) is 13.2. The number of ether oxygens (including phenoxy) is 2. The van der Waals surface area contributed by atoms with Crippen LogP contribution in [0.5, 0.6) is 11.5 Å². The van der Waals surface area contributed by atoms with Crippen LogP contribution in [0.2, 0.25) is 0 Å². The molecular weight excluding hydrogens is 244 g/mol. The fourth-order valence-corrected chi connectivity index (χ4v) is 2.39. The molecule has 19 heavy (non-hydrogen) atoms. The molecule has 3 rings (SSSR count).